The third-order valence-corrected chi connectivity index (χ3v) is 2.21. The van der Waals surface area contributed by atoms with Crippen molar-refractivity contribution in [2.24, 2.45) is 0 Å². The number of benzene rings is 1. The molecular formula is C13H11F3O4. The van der Waals surface area contributed by atoms with E-state index in [-0.39, 0.29) is 17.6 Å². The summed E-state index contributed by atoms with van der Waals surface area (Å²) in [4.78, 5) is 10.6. The average Bonchev–Trinajstić information content (AvgIpc) is 2.36. The summed E-state index contributed by atoms with van der Waals surface area (Å²) in [6.07, 6.45) is -2.76. The van der Waals surface area contributed by atoms with Gasteiger partial charge in [-0.3, -0.25) is 4.79 Å². The highest BCUT2D eigenvalue weighted by Gasteiger charge is 2.36. The van der Waals surface area contributed by atoms with E-state index in [2.05, 4.69) is 0 Å². The molecule has 1 aromatic rings. The fraction of sp³-hybridized carbons (Fsp3) is 0.154. The van der Waals surface area contributed by atoms with Crippen LogP contribution in [-0.2, 0) is 4.79 Å². The number of carbonyl (C=O) groups excluding carboxylic acids is 1. The number of ketones is 1. The number of allylic oxidation sites excluding steroid dienone is 2. The van der Waals surface area contributed by atoms with Crippen LogP contribution in [0.2, 0.25) is 0 Å². The average molecular weight is 288 g/mol. The van der Waals surface area contributed by atoms with Crippen LogP contribution in [0.3, 0.4) is 0 Å². The van der Waals surface area contributed by atoms with Crippen LogP contribution in [0.25, 0.3) is 6.08 Å². The Balaban J connectivity index is 2.87. The van der Waals surface area contributed by atoms with Gasteiger partial charge in [0.05, 0.1) is 7.11 Å². The number of halogens is 3. The summed E-state index contributed by atoms with van der Waals surface area (Å²) in [6, 6.07) is 4.18. The summed E-state index contributed by atoms with van der Waals surface area (Å²) < 4.78 is 40.7. The fourth-order valence-corrected chi connectivity index (χ4v) is 1.24. The minimum Gasteiger partial charge on any atom is -0.508 e. The number of ether oxygens (including phenoxy) is 1. The number of hydrogen-bond donors (Lipinski definition) is 2. The molecule has 2 N–H and O–H groups in total. The Hall–Kier alpha value is -2.44. The van der Waals surface area contributed by atoms with Crippen LogP contribution in [0.5, 0.6) is 11.5 Å². The van der Waals surface area contributed by atoms with Gasteiger partial charge in [0.1, 0.15) is 5.76 Å². The zero-order valence-electron chi connectivity index (χ0n) is 10.3. The number of aromatic hydroxyl groups is 1. The molecule has 0 saturated carbocycles. The molecule has 0 aliphatic carbocycles. The van der Waals surface area contributed by atoms with Crippen LogP contribution in [-0.4, -0.2) is 29.3 Å². The molecule has 0 heterocycles. The summed E-state index contributed by atoms with van der Waals surface area (Å²) in [6.45, 7) is 0. The van der Waals surface area contributed by atoms with Gasteiger partial charge in [-0.1, -0.05) is 12.1 Å². The van der Waals surface area contributed by atoms with E-state index in [9.17, 15) is 28.2 Å². The summed E-state index contributed by atoms with van der Waals surface area (Å²) in [5, 5.41) is 18.5. The van der Waals surface area contributed by atoms with E-state index in [0.29, 0.717) is 5.56 Å². The molecule has 0 aliphatic heterocycles. The predicted molar refractivity (Wildman–Crippen MR) is 65.5 cm³/mol. The second kappa shape index (κ2) is 6.14. The third kappa shape index (κ3) is 4.34. The number of alkyl halides is 3. The summed E-state index contributed by atoms with van der Waals surface area (Å²) in [7, 11) is 1.34. The SMILES string of the molecule is COc1cc(/C=C/C(O)=C/C(=O)C(F)(F)F)ccc1O. The van der Waals surface area contributed by atoms with Gasteiger partial charge in [0.2, 0.25) is 0 Å². The van der Waals surface area contributed by atoms with Crippen molar-refractivity contribution in [2.75, 3.05) is 7.11 Å². The lowest BCUT2D eigenvalue weighted by Crippen LogP contribution is -2.20. The first-order valence-electron chi connectivity index (χ1n) is 5.31. The van der Waals surface area contributed by atoms with E-state index < -0.39 is 17.7 Å². The lowest BCUT2D eigenvalue weighted by Gasteiger charge is -2.03. The molecule has 0 unspecified atom stereocenters. The van der Waals surface area contributed by atoms with Gasteiger partial charge in [-0.05, 0) is 23.8 Å². The van der Waals surface area contributed by atoms with Gasteiger partial charge in [-0.2, -0.15) is 13.2 Å². The first-order valence-corrected chi connectivity index (χ1v) is 5.31. The van der Waals surface area contributed by atoms with Crippen molar-refractivity contribution in [3.63, 3.8) is 0 Å². The van der Waals surface area contributed by atoms with E-state index in [1.807, 2.05) is 0 Å². The predicted octanol–water partition coefficient (Wildman–Crippen LogP) is 2.99. The number of phenolic OH excluding ortho intramolecular Hbond substituents is 1. The number of rotatable bonds is 4. The Morgan fingerprint density at radius 2 is 2.00 bits per heavy atom. The van der Waals surface area contributed by atoms with E-state index in [1.54, 1.807) is 0 Å². The van der Waals surface area contributed by atoms with Crippen LogP contribution in [0, 0.1) is 0 Å². The van der Waals surface area contributed by atoms with E-state index >= 15 is 0 Å². The van der Waals surface area contributed by atoms with Crippen molar-refractivity contribution < 1.29 is 32.9 Å². The number of phenols is 1. The minimum absolute atomic E-state index is 0.0775. The van der Waals surface area contributed by atoms with Crippen LogP contribution in [0.15, 0.2) is 36.1 Å². The number of aliphatic hydroxyl groups is 1. The van der Waals surface area contributed by atoms with Crippen LogP contribution in [0.4, 0.5) is 13.2 Å². The normalized spacial score (nSPS) is 12.7. The lowest BCUT2D eigenvalue weighted by atomic mass is 10.1. The molecular weight excluding hydrogens is 277 g/mol. The Morgan fingerprint density at radius 3 is 2.55 bits per heavy atom. The maximum absolute atomic E-state index is 11.9. The Labute approximate surface area is 112 Å². The molecule has 1 aromatic carbocycles. The van der Waals surface area contributed by atoms with Gasteiger partial charge in [-0.25, -0.2) is 0 Å². The standard InChI is InChI=1S/C13H11F3O4/c1-20-11-6-8(3-5-10(11)18)2-4-9(17)7-12(19)13(14,15)16/h2-7,17-18H,1H3/b4-2+,9-7-. The van der Waals surface area contributed by atoms with Crippen molar-refractivity contribution in [3.05, 3.63) is 41.7 Å². The quantitative estimate of drug-likeness (QED) is 0.508. The molecule has 0 amide bonds. The number of aliphatic hydroxyl groups excluding tert-OH is 1. The van der Waals surface area contributed by atoms with Crippen LogP contribution < -0.4 is 4.74 Å². The number of methoxy groups -OCH3 is 1. The second-order valence-corrected chi connectivity index (χ2v) is 3.70. The summed E-state index contributed by atoms with van der Waals surface area (Å²) in [5.41, 5.74) is 0.457. The first-order chi connectivity index (χ1) is 9.24. The molecule has 1 rings (SSSR count). The molecule has 20 heavy (non-hydrogen) atoms. The van der Waals surface area contributed by atoms with Gasteiger partial charge >= 0.3 is 6.18 Å². The van der Waals surface area contributed by atoms with E-state index in [0.717, 1.165) is 6.08 Å². The molecule has 0 aliphatic rings. The second-order valence-electron chi connectivity index (χ2n) is 3.70. The molecule has 0 fully saturated rings. The zero-order valence-corrected chi connectivity index (χ0v) is 10.3. The van der Waals surface area contributed by atoms with Crippen molar-refractivity contribution in [2.45, 2.75) is 6.18 Å². The molecule has 0 radical (unpaired) electrons. The smallest absolute Gasteiger partial charge is 0.454 e. The van der Waals surface area contributed by atoms with Crippen LogP contribution in [0.1, 0.15) is 5.56 Å². The number of carbonyl (C=O) groups is 1. The highest BCUT2D eigenvalue weighted by Crippen LogP contribution is 2.26. The van der Waals surface area contributed by atoms with Crippen molar-refractivity contribution in [1.29, 1.82) is 0 Å². The van der Waals surface area contributed by atoms with Gasteiger partial charge in [0.25, 0.3) is 5.78 Å². The molecule has 0 atom stereocenters. The summed E-state index contributed by atoms with van der Waals surface area (Å²) >= 11 is 0. The van der Waals surface area contributed by atoms with Gasteiger partial charge in [0, 0.05) is 6.08 Å². The molecule has 108 valence electrons. The minimum atomic E-state index is -5.02. The monoisotopic (exact) mass is 288 g/mol. The van der Waals surface area contributed by atoms with Gasteiger partial charge in [0.15, 0.2) is 11.5 Å². The Kier molecular flexibility index (Phi) is 4.79. The van der Waals surface area contributed by atoms with Crippen LogP contribution >= 0.6 is 0 Å². The Morgan fingerprint density at radius 1 is 1.35 bits per heavy atom. The molecule has 0 saturated heterocycles. The largest absolute Gasteiger partial charge is 0.508 e. The van der Waals surface area contributed by atoms with Crippen molar-refractivity contribution in [1.82, 2.24) is 0 Å². The highest BCUT2D eigenvalue weighted by molar-refractivity contribution is 5.95. The highest BCUT2D eigenvalue weighted by atomic mass is 19.4. The molecule has 0 bridgehead atoms. The molecule has 7 heteroatoms. The Bertz CT molecular complexity index is 559. The van der Waals surface area contributed by atoms with Gasteiger partial charge in [-0.15, -0.1) is 0 Å². The maximum Gasteiger partial charge on any atom is 0.454 e. The topological polar surface area (TPSA) is 66.8 Å². The molecule has 0 spiro atoms. The zero-order chi connectivity index (χ0) is 15.3. The summed E-state index contributed by atoms with van der Waals surface area (Å²) in [5.74, 6) is -2.92. The lowest BCUT2D eigenvalue weighted by molar-refractivity contribution is -0.165. The molecule has 0 aromatic heterocycles. The van der Waals surface area contributed by atoms with E-state index in [4.69, 9.17) is 4.74 Å². The first kappa shape index (κ1) is 15.6. The fourth-order valence-electron chi connectivity index (χ4n) is 1.24. The van der Waals surface area contributed by atoms with Crippen molar-refractivity contribution in [3.8, 4) is 11.5 Å². The number of hydrogen-bond acceptors (Lipinski definition) is 4. The van der Waals surface area contributed by atoms with Gasteiger partial charge < -0.3 is 14.9 Å². The van der Waals surface area contributed by atoms with E-state index in [1.165, 1.54) is 31.4 Å². The maximum atomic E-state index is 11.9. The molecule has 4 nitrogen and oxygen atoms in total. The van der Waals surface area contributed by atoms with Crippen molar-refractivity contribution >= 4 is 11.9 Å². The third-order valence-electron chi connectivity index (χ3n) is 2.21.